The standard InChI is InChI=1S/C25H26N4O5/c1-33-19-12-10-17(11-13-19)24-27-22(34-28-24)9-3-2-6-14-26-21(30)16-29-23(31)15-18-7-4-5-8-20(18)25(29)32/h4-5,7-8,10-13H,2-3,6,9,14-16H2,1H3,(H,26,30). The fourth-order valence-electron chi connectivity index (χ4n) is 3.78. The lowest BCUT2D eigenvalue weighted by atomic mass is 9.98. The first-order chi connectivity index (χ1) is 16.5. The van der Waals surface area contributed by atoms with Crippen LogP contribution in [0, 0.1) is 0 Å². The Morgan fingerprint density at radius 2 is 1.88 bits per heavy atom. The van der Waals surface area contributed by atoms with Gasteiger partial charge in [-0.1, -0.05) is 29.8 Å². The first kappa shape index (κ1) is 23.2. The number of imide groups is 1. The van der Waals surface area contributed by atoms with E-state index in [1.54, 1.807) is 31.4 Å². The molecule has 0 saturated carbocycles. The van der Waals surface area contributed by atoms with Gasteiger partial charge < -0.3 is 14.6 Å². The Hall–Kier alpha value is -4.01. The average Bonchev–Trinajstić information content (AvgIpc) is 3.33. The molecule has 176 valence electrons. The van der Waals surface area contributed by atoms with Gasteiger partial charge in [-0.15, -0.1) is 0 Å². The van der Waals surface area contributed by atoms with Crippen LogP contribution >= 0.6 is 0 Å². The van der Waals surface area contributed by atoms with Gasteiger partial charge in [-0.3, -0.25) is 19.3 Å². The number of hydrogen-bond acceptors (Lipinski definition) is 7. The fraction of sp³-hybridized carbons (Fsp3) is 0.320. The van der Waals surface area contributed by atoms with Crippen molar-refractivity contribution in [1.29, 1.82) is 0 Å². The van der Waals surface area contributed by atoms with E-state index in [1.165, 1.54) is 0 Å². The van der Waals surface area contributed by atoms with Crippen LogP contribution < -0.4 is 10.1 Å². The first-order valence-electron chi connectivity index (χ1n) is 11.2. The highest BCUT2D eigenvalue weighted by atomic mass is 16.5. The minimum Gasteiger partial charge on any atom is -0.497 e. The van der Waals surface area contributed by atoms with Crippen molar-refractivity contribution in [2.45, 2.75) is 32.1 Å². The Balaban J connectivity index is 1.15. The molecule has 0 aliphatic carbocycles. The van der Waals surface area contributed by atoms with Crippen molar-refractivity contribution in [3.8, 4) is 17.1 Å². The van der Waals surface area contributed by atoms with Crippen molar-refractivity contribution < 1.29 is 23.6 Å². The normalized spacial score (nSPS) is 13.0. The van der Waals surface area contributed by atoms with Gasteiger partial charge in [-0.25, -0.2) is 0 Å². The van der Waals surface area contributed by atoms with Crippen LogP contribution in [-0.4, -0.2) is 53.0 Å². The third-order valence-corrected chi connectivity index (χ3v) is 5.64. The van der Waals surface area contributed by atoms with Crippen LogP contribution in [0.1, 0.15) is 41.1 Å². The van der Waals surface area contributed by atoms with Crippen LogP contribution in [0.5, 0.6) is 5.75 Å². The summed E-state index contributed by atoms with van der Waals surface area (Å²) < 4.78 is 10.5. The summed E-state index contributed by atoms with van der Waals surface area (Å²) >= 11 is 0. The van der Waals surface area contributed by atoms with E-state index in [-0.39, 0.29) is 24.8 Å². The van der Waals surface area contributed by atoms with Gasteiger partial charge in [0.2, 0.25) is 23.5 Å². The molecule has 34 heavy (non-hydrogen) atoms. The van der Waals surface area contributed by atoms with E-state index in [4.69, 9.17) is 9.26 Å². The second-order valence-electron chi connectivity index (χ2n) is 8.02. The van der Waals surface area contributed by atoms with Crippen molar-refractivity contribution in [3.63, 3.8) is 0 Å². The number of nitrogens with one attached hydrogen (secondary N) is 1. The maximum Gasteiger partial charge on any atom is 0.261 e. The summed E-state index contributed by atoms with van der Waals surface area (Å²) in [5.74, 6) is 0.746. The molecule has 1 aliphatic heterocycles. The highest BCUT2D eigenvalue weighted by Gasteiger charge is 2.31. The maximum atomic E-state index is 12.5. The molecule has 4 rings (SSSR count). The van der Waals surface area contributed by atoms with Gasteiger partial charge in [-0.05, 0) is 48.7 Å². The quantitative estimate of drug-likeness (QED) is 0.364. The third-order valence-electron chi connectivity index (χ3n) is 5.64. The number of fused-ring (bicyclic) bond motifs is 1. The molecule has 9 nitrogen and oxygen atoms in total. The largest absolute Gasteiger partial charge is 0.497 e. The SMILES string of the molecule is COc1ccc(-c2noc(CCCCCNC(=O)CN3C(=O)Cc4ccccc4C3=O)n2)cc1. The maximum absolute atomic E-state index is 12.5. The number of carbonyl (C=O) groups is 3. The van der Waals surface area contributed by atoms with Gasteiger partial charge in [0.05, 0.1) is 13.5 Å². The number of aromatic nitrogens is 2. The smallest absolute Gasteiger partial charge is 0.261 e. The van der Waals surface area contributed by atoms with Crippen molar-refractivity contribution >= 4 is 17.7 Å². The second-order valence-corrected chi connectivity index (χ2v) is 8.02. The second kappa shape index (κ2) is 10.7. The topological polar surface area (TPSA) is 115 Å². The predicted octanol–water partition coefficient (Wildman–Crippen LogP) is 2.80. The van der Waals surface area contributed by atoms with E-state index in [1.807, 2.05) is 24.3 Å². The Morgan fingerprint density at radius 1 is 1.09 bits per heavy atom. The van der Waals surface area contributed by atoms with Gasteiger partial charge in [0.1, 0.15) is 12.3 Å². The molecule has 0 atom stereocenters. The highest BCUT2D eigenvalue weighted by molar-refractivity contribution is 6.11. The molecule has 2 aromatic carbocycles. The Morgan fingerprint density at radius 3 is 2.68 bits per heavy atom. The Bertz CT molecular complexity index is 1170. The number of aryl methyl sites for hydroxylation is 1. The number of benzene rings is 2. The minimum absolute atomic E-state index is 0.130. The minimum atomic E-state index is -0.421. The van der Waals surface area contributed by atoms with Crippen LogP contribution in [0.15, 0.2) is 53.1 Å². The number of amides is 3. The number of methoxy groups -OCH3 is 1. The molecule has 3 aromatic rings. The summed E-state index contributed by atoms with van der Waals surface area (Å²) in [5.41, 5.74) is 2.03. The Kier molecular flexibility index (Phi) is 7.31. The van der Waals surface area contributed by atoms with Crippen LogP contribution in [0.25, 0.3) is 11.4 Å². The molecule has 9 heteroatoms. The van der Waals surface area contributed by atoms with Crippen LogP contribution in [0.4, 0.5) is 0 Å². The third kappa shape index (κ3) is 5.48. The molecule has 0 bridgehead atoms. The predicted molar refractivity (Wildman–Crippen MR) is 123 cm³/mol. The lowest BCUT2D eigenvalue weighted by Crippen LogP contribution is -2.47. The number of carbonyl (C=O) groups excluding carboxylic acids is 3. The summed E-state index contributed by atoms with van der Waals surface area (Å²) in [7, 11) is 1.61. The number of hydrogen-bond donors (Lipinski definition) is 1. The zero-order valence-electron chi connectivity index (χ0n) is 19.0. The zero-order chi connectivity index (χ0) is 23.9. The number of ether oxygens (including phenoxy) is 1. The lowest BCUT2D eigenvalue weighted by Gasteiger charge is -2.26. The molecule has 1 N–H and O–H groups in total. The number of nitrogens with zero attached hydrogens (tertiary/aromatic N) is 3. The highest BCUT2D eigenvalue weighted by Crippen LogP contribution is 2.21. The molecular formula is C25H26N4O5. The monoisotopic (exact) mass is 462 g/mol. The number of rotatable bonds is 10. The van der Waals surface area contributed by atoms with Gasteiger partial charge in [-0.2, -0.15) is 4.98 Å². The molecule has 0 saturated heterocycles. The van der Waals surface area contributed by atoms with Crippen molar-refractivity contribution in [2.75, 3.05) is 20.2 Å². The van der Waals surface area contributed by atoms with E-state index in [2.05, 4.69) is 15.5 Å². The number of unbranched alkanes of at least 4 members (excludes halogenated alkanes) is 2. The summed E-state index contributed by atoms with van der Waals surface area (Å²) in [6.45, 7) is 0.203. The molecule has 0 fully saturated rings. The lowest BCUT2D eigenvalue weighted by molar-refractivity contribution is -0.133. The van der Waals surface area contributed by atoms with Crippen molar-refractivity contribution in [1.82, 2.24) is 20.4 Å². The van der Waals surface area contributed by atoms with Crippen LogP contribution in [-0.2, 0) is 22.4 Å². The van der Waals surface area contributed by atoms with Crippen LogP contribution in [0.2, 0.25) is 0 Å². The molecule has 1 aliphatic rings. The molecule has 0 radical (unpaired) electrons. The molecule has 2 heterocycles. The summed E-state index contributed by atoms with van der Waals surface area (Å²) in [4.78, 5) is 42.5. The van der Waals surface area contributed by atoms with Crippen LogP contribution in [0.3, 0.4) is 0 Å². The van der Waals surface area contributed by atoms with Gasteiger partial charge >= 0.3 is 0 Å². The van der Waals surface area contributed by atoms with E-state index in [9.17, 15) is 14.4 Å². The van der Waals surface area contributed by atoms with Gasteiger partial charge in [0.25, 0.3) is 5.91 Å². The molecular weight excluding hydrogens is 436 g/mol. The molecule has 0 unspecified atom stereocenters. The van der Waals surface area contributed by atoms with Crippen molar-refractivity contribution in [3.05, 3.63) is 65.5 Å². The summed E-state index contributed by atoms with van der Waals surface area (Å²) in [6.07, 6.45) is 3.23. The van der Waals surface area contributed by atoms with Gasteiger partial charge in [0, 0.05) is 24.1 Å². The van der Waals surface area contributed by atoms with E-state index in [0.29, 0.717) is 35.8 Å². The first-order valence-corrected chi connectivity index (χ1v) is 11.2. The summed E-state index contributed by atoms with van der Waals surface area (Å²) in [5, 5.41) is 6.80. The van der Waals surface area contributed by atoms with Crippen molar-refractivity contribution in [2.24, 2.45) is 0 Å². The molecule has 3 amide bonds. The molecule has 1 aromatic heterocycles. The zero-order valence-corrected chi connectivity index (χ0v) is 19.0. The Labute approximate surface area is 197 Å². The summed E-state index contributed by atoms with van der Waals surface area (Å²) in [6, 6.07) is 14.4. The fourth-order valence-corrected chi connectivity index (χ4v) is 3.78. The van der Waals surface area contributed by atoms with E-state index < -0.39 is 5.91 Å². The average molecular weight is 463 g/mol. The van der Waals surface area contributed by atoms with E-state index in [0.717, 1.165) is 35.5 Å². The van der Waals surface area contributed by atoms with Gasteiger partial charge in [0.15, 0.2) is 0 Å². The molecule has 0 spiro atoms. The van der Waals surface area contributed by atoms with E-state index >= 15 is 0 Å².